The zero-order valence-corrected chi connectivity index (χ0v) is 16.6. The van der Waals surface area contributed by atoms with Crippen LogP contribution >= 0.6 is 15.9 Å². The minimum absolute atomic E-state index is 0.256. The van der Waals surface area contributed by atoms with Gasteiger partial charge in [-0.25, -0.2) is 9.07 Å². The molecule has 2 aromatic carbocycles. The number of aryl methyl sites for hydroxylation is 1. The molecule has 3 rings (SSSR count). The van der Waals surface area contributed by atoms with Crippen molar-refractivity contribution in [3.8, 4) is 5.75 Å². The van der Waals surface area contributed by atoms with Gasteiger partial charge >= 0.3 is 0 Å². The Morgan fingerprint density at radius 3 is 2.78 bits per heavy atom. The summed E-state index contributed by atoms with van der Waals surface area (Å²) in [6.07, 6.45) is 2.09. The van der Waals surface area contributed by atoms with E-state index in [-0.39, 0.29) is 5.82 Å². The molecule has 1 aromatic heterocycles. The zero-order chi connectivity index (χ0) is 19.1. The van der Waals surface area contributed by atoms with E-state index in [2.05, 4.69) is 43.7 Å². The van der Waals surface area contributed by atoms with E-state index >= 15 is 0 Å². The molecule has 0 amide bonds. The maximum Gasteiger partial charge on any atom is 0.243 e. The molecule has 8 heteroatoms. The number of nitrogens with one attached hydrogen (secondary N) is 1. The molecule has 3 aromatic rings. The van der Waals surface area contributed by atoms with Crippen molar-refractivity contribution in [2.75, 3.05) is 5.32 Å². The van der Waals surface area contributed by atoms with Crippen LogP contribution in [0.3, 0.4) is 0 Å². The molecule has 0 aliphatic heterocycles. The third kappa shape index (κ3) is 5.50. The molecular formula is C19H21BrFN5O. The van der Waals surface area contributed by atoms with Crippen LogP contribution < -0.4 is 10.1 Å². The summed E-state index contributed by atoms with van der Waals surface area (Å²) < 4.78 is 21.7. The van der Waals surface area contributed by atoms with Crippen LogP contribution in [0, 0.1) is 5.82 Å². The molecule has 6 nitrogen and oxygen atoms in total. The maximum absolute atomic E-state index is 13.0. The van der Waals surface area contributed by atoms with Gasteiger partial charge < -0.3 is 10.1 Å². The number of nitrogens with zero attached hydrogens (tertiary/aromatic N) is 4. The van der Waals surface area contributed by atoms with Gasteiger partial charge in [-0.05, 0) is 52.7 Å². The molecule has 1 heterocycles. The van der Waals surface area contributed by atoms with E-state index in [0.717, 1.165) is 40.7 Å². The highest BCUT2D eigenvalue weighted by atomic mass is 79.9. The summed E-state index contributed by atoms with van der Waals surface area (Å²) >= 11 is 3.50. The smallest absolute Gasteiger partial charge is 0.243 e. The fourth-order valence-electron chi connectivity index (χ4n) is 2.53. The van der Waals surface area contributed by atoms with Crippen LogP contribution in [-0.2, 0) is 19.7 Å². The third-order valence-corrected chi connectivity index (χ3v) is 4.52. The number of aromatic nitrogens is 4. The largest absolute Gasteiger partial charge is 0.489 e. The molecular weight excluding hydrogens is 413 g/mol. The van der Waals surface area contributed by atoms with Crippen molar-refractivity contribution in [3.63, 3.8) is 0 Å². The van der Waals surface area contributed by atoms with E-state index in [1.807, 2.05) is 18.2 Å². The Kier molecular flexibility index (Phi) is 6.75. The predicted octanol–water partition coefficient (Wildman–Crippen LogP) is 4.57. The molecule has 0 saturated carbocycles. The standard InChI is InChI=1S/C19H21BrFN5O/c1-2-3-10-26-19(23-24-25-26)22-12-15-11-16(20)6-9-18(15)27-13-14-4-7-17(21)8-5-14/h4-9,11H,2-3,10,12-13H2,1H3,(H,22,23,25). The lowest BCUT2D eigenvalue weighted by molar-refractivity contribution is 0.303. The Morgan fingerprint density at radius 2 is 2.00 bits per heavy atom. The van der Waals surface area contributed by atoms with Crippen molar-refractivity contribution in [2.45, 2.75) is 39.5 Å². The number of hydrogen-bond acceptors (Lipinski definition) is 5. The van der Waals surface area contributed by atoms with Gasteiger partial charge in [0, 0.05) is 23.1 Å². The number of hydrogen-bond donors (Lipinski definition) is 1. The second-order valence-corrected chi connectivity index (χ2v) is 7.02. The minimum Gasteiger partial charge on any atom is -0.489 e. The summed E-state index contributed by atoms with van der Waals surface area (Å²) in [6, 6.07) is 12.1. The van der Waals surface area contributed by atoms with E-state index in [1.54, 1.807) is 16.8 Å². The molecule has 0 aliphatic carbocycles. The van der Waals surface area contributed by atoms with E-state index in [4.69, 9.17) is 4.74 Å². The molecule has 0 spiro atoms. The molecule has 27 heavy (non-hydrogen) atoms. The second-order valence-electron chi connectivity index (χ2n) is 6.10. The van der Waals surface area contributed by atoms with Crippen LogP contribution in [0.5, 0.6) is 5.75 Å². The summed E-state index contributed by atoms with van der Waals surface area (Å²) in [5, 5.41) is 15.1. The number of ether oxygens (including phenoxy) is 1. The van der Waals surface area contributed by atoms with Crippen molar-refractivity contribution < 1.29 is 9.13 Å². The van der Waals surface area contributed by atoms with Crippen molar-refractivity contribution in [1.29, 1.82) is 0 Å². The Hall–Kier alpha value is -2.48. The number of benzene rings is 2. The first kappa shape index (κ1) is 19.3. The molecule has 0 unspecified atom stereocenters. The van der Waals surface area contributed by atoms with Gasteiger partial charge in [0.25, 0.3) is 0 Å². The van der Waals surface area contributed by atoms with Gasteiger partial charge in [0.05, 0.1) is 0 Å². The van der Waals surface area contributed by atoms with Crippen LogP contribution in [0.4, 0.5) is 10.3 Å². The van der Waals surface area contributed by atoms with Crippen LogP contribution in [0.15, 0.2) is 46.9 Å². The predicted molar refractivity (Wildman–Crippen MR) is 105 cm³/mol. The Bertz CT molecular complexity index is 869. The van der Waals surface area contributed by atoms with Crippen LogP contribution in [0.1, 0.15) is 30.9 Å². The summed E-state index contributed by atoms with van der Waals surface area (Å²) in [7, 11) is 0. The summed E-state index contributed by atoms with van der Waals surface area (Å²) in [5.41, 5.74) is 1.87. The fraction of sp³-hybridized carbons (Fsp3) is 0.316. The number of unbranched alkanes of at least 4 members (excludes halogenated alkanes) is 1. The minimum atomic E-state index is -0.256. The average molecular weight is 434 g/mol. The Labute approximate surface area is 165 Å². The lowest BCUT2D eigenvalue weighted by Gasteiger charge is -2.13. The fourth-order valence-corrected chi connectivity index (χ4v) is 2.94. The summed E-state index contributed by atoms with van der Waals surface area (Å²) in [5.74, 6) is 1.13. The van der Waals surface area contributed by atoms with E-state index < -0.39 is 0 Å². The Morgan fingerprint density at radius 1 is 1.19 bits per heavy atom. The lowest BCUT2D eigenvalue weighted by atomic mass is 10.2. The van der Waals surface area contributed by atoms with Gasteiger partial charge in [-0.1, -0.05) is 46.5 Å². The number of rotatable bonds is 9. The first-order valence-corrected chi connectivity index (χ1v) is 9.60. The Balaban J connectivity index is 1.67. The van der Waals surface area contributed by atoms with Crippen LogP contribution in [-0.4, -0.2) is 20.2 Å². The average Bonchev–Trinajstić information content (AvgIpc) is 3.12. The molecule has 0 saturated heterocycles. The molecule has 1 N–H and O–H groups in total. The monoisotopic (exact) mass is 433 g/mol. The van der Waals surface area contributed by atoms with Gasteiger partial charge in [0.15, 0.2) is 0 Å². The first-order valence-electron chi connectivity index (χ1n) is 8.81. The van der Waals surface area contributed by atoms with Crippen molar-refractivity contribution in [3.05, 3.63) is 63.9 Å². The molecule has 0 aliphatic rings. The topological polar surface area (TPSA) is 64.9 Å². The highest BCUT2D eigenvalue weighted by Crippen LogP contribution is 2.25. The summed E-state index contributed by atoms with van der Waals surface area (Å²) in [4.78, 5) is 0. The van der Waals surface area contributed by atoms with Crippen molar-refractivity contribution in [2.24, 2.45) is 0 Å². The molecule has 142 valence electrons. The second kappa shape index (κ2) is 9.45. The lowest BCUT2D eigenvalue weighted by Crippen LogP contribution is -2.10. The highest BCUT2D eigenvalue weighted by Gasteiger charge is 2.09. The van der Waals surface area contributed by atoms with Gasteiger partial charge in [-0.3, -0.25) is 0 Å². The molecule has 0 bridgehead atoms. The van der Waals surface area contributed by atoms with Crippen LogP contribution in [0.2, 0.25) is 0 Å². The molecule has 0 atom stereocenters. The van der Waals surface area contributed by atoms with E-state index in [9.17, 15) is 4.39 Å². The van der Waals surface area contributed by atoms with Crippen LogP contribution in [0.25, 0.3) is 0 Å². The van der Waals surface area contributed by atoms with E-state index in [0.29, 0.717) is 19.1 Å². The quantitative estimate of drug-likeness (QED) is 0.535. The third-order valence-electron chi connectivity index (χ3n) is 4.02. The van der Waals surface area contributed by atoms with Crippen molar-refractivity contribution in [1.82, 2.24) is 20.2 Å². The number of halogens is 2. The van der Waals surface area contributed by atoms with Gasteiger partial charge in [0.2, 0.25) is 5.95 Å². The van der Waals surface area contributed by atoms with Gasteiger partial charge in [-0.15, -0.1) is 0 Å². The number of anilines is 1. The van der Waals surface area contributed by atoms with Crippen molar-refractivity contribution >= 4 is 21.9 Å². The number of tetrazole rings is 1. The molecule has 0 radical (unpaired) electrons. The zero-order valence-electron chi connectivity index (χ0n) is 15.0. The van der Waals surface area contributed by atoms with E-state index in [1.165, 1.54) is 12.1 Å². The van der Waals surface area contributed by atoms with Gasteiger partial charge in [-0.2, -0.15) is 0 Å². The van der Waals surface area contributed by atoms with Gasteiger partial charge in [0.1, 0.15) is 18.2 Å². The SMILES string of the molecule is CCCCn1nnnc1NCc1cc(Br)ccc1OCc1ccc(F)cc1. The first-order chi connectivity index (χ1) is 13.2. The molecule has 0 fully saturated rings. The maximum atomic E-state index is 13.0. The summed E-state index contributed by atoms with van der Waals surface area (Å²) in [6.45, 7) is 3.79. The normalized spacial score (nSPS) is 10.8. The highest BCUT2D eigenvalue weighted by molar-refractivity contribution is 9.10.